The fraction of sp³-hybridized carbons (Fsp3) is 0.250. The molecule has 0 aliphatic carbocycles. The maximum atomic E-state index is 12.8. The summed E-state index contributed by atoms with van der Waals surface area (Å²) in [5.41, 5.74) is 1.01. The van der Waals surface area contributed by atoms with Crippen molar-refractivity contribution in [2.75, 3.05) is 0 Å². The van der Waals surface area contributed by atoms with Gasteiger partial charge in [-0.1, -0.05) is 13.8 Å². The van der Waals surface area contributed by atoms with Crippen LogP contribution >= 0.6 is 0 Å². The van der Waals surface area contributed by atoms with Crippen LogP contribution in [0.5, 0.6) is 0 Å². The number of halogens is 1. The van der Waals surface area contributed by atoms with Gasteiger partial charge in [0.1, 0.15) is 5.82 Å². The molecule has 0 unspecified atom stereocenters. The molecule has 1 aromatic heterocycles. The molecule has 0 bridgehead atoms. The lowest BCUT2D eigenvalue weighted by molar-refractivity contribution is 0.629. The molecule has 1 nitrogen and oxygen atoms in total. The second kappa shape index (κ2) is 4.70. The van der Waals surface area contributed by atoms with Gasteiger partial charge in [0.15, 0.2) is 0 Å². The number of fused-ring (bicyclic) bond motifs is 1. The van der Waals surface area contributed by atoms with Crippen molar-refractivity contribution in [1.82, 2.24) is 4.98 Å². The van der Waals surface area contributed by atoms with Crippen LogP contribution in [0.25, 0.3) is 10.8 Å². The standard InChI is InChI=1S/C10H8FN.C2H6/c1-7-5-12-6-8-2-3-9(11)4-10(7)8;1-2/h2-6H,1H3;1-2H3. The Morgan fingerprint density at radius 1 is 1.14 bits per heavy atom. The van der Waals surface area contributed by atoms with Crippen LogP contribution in [0.4, 0.5) is 4.39 Å². The van der Waals surface area contributed by atoms with Gasteiger partial charge in [-0.15, -0.1) is 0 Å². The molecule has 2 heteroatoms. The highest BCUT2D eigenvalue weighted by Crippen LogP contribution is 2.17. The summed E-state index contributed by atoms with van der Waals surface area (Å²) in [5.74, 6) is -0.197. The van der Waals surface area contributed by atoms with Gasteiger partial charge in [0.2, 0.25) is 0 Å². The summed E-state index contributed by atoms with van der Waals surface area (Å²) in [6.45, 7) is 5.93. The highest BCUT2D eigenvalue weighted by atomic mass is 19.1. The van der Waals surface area contributed by atoms with Crippen LogP contribution in [0.2, 0.25) is 0 Å². The highest BCUT2D eigenvalue weighted by molar-refractivity contribution is 5.84. The maximum Gasteiger partial charge on any atom is 0.123 e. The molecule has 2 rings (SSSR count). The van der Waals surface area contributed by atoms with Crippen molar-refractivity contribution in [3.8, 4) is 0 Å². The first kappa shape index (κ1) is 10.6. The fourth-order valence-corrected chi connectivity index (χ4v) is 1.28. The summed E-state index contributed by atoms with van der Waals surface area (Å²) in [6.07, 6.45) is 3.48. The summed E-state index contributed by atoms with van der Waals surface area (Å²) in [5, 5.41) is 1.92. The maximum absolute atomic E-state index is 12.8. The molecule has 1 heterocycles. The molecule has 2 aromatic rings. The zero-order valence-electron chi connectivity index (χ0n) is 8.71. The number of aromatic nitrogens is 1. The molecule has 14 heavy (non-hydrogen) atoms. The van der Waals surface area contributed by atoms with Gasteiger partial charge in [-0.3, -0.25) is 4.98 Å². The van der Waals surface area contributed by atoms with Crippen molar-refractivity contribution < 1.29 is 4.39 Å². The third-order valence-electron chi connectivity index (χ3n) is 1.92. The zero-order chi connectivity index (χ0) is 10.6. The Morgan fingerprint density at radius 3 is 2.57 bits per heavy atom. The first-order valence-electron chi connectivity index (χ1n) is 4.77. The normalized spacial score (nSPS) is 9.43. The van der Waals surface area contributed by atoms with Crippen LogP contribution in [0.3, 0.4) is 0 Å². The van der Waals surface area contributed by atoms with E-state index < -0.39 is 0 Å². The predicted molar refractivity (Wildman–Crippen MR) is 57.8 cm³/mol. The van der Waals surface area contributed by atoms with Gasteiger partial charge >= 0.3 is 0 Å². The van der Waals surface area contributed by atoms with Crippen LogP contribution in [0, 0.1) is 12.7 Å². The zero-order valence-corrected chi connectivity index (χ0v) is 8.71. The minimum atomic E-state index is -0.197. The number of hydrogen-bond acceptors (Lipinski definition) is 1. The van der Waals surface area contributed by atoms with Crippen LogP contribution in [0.15, 0.2) is 30.6 Å². The second-order valence-corrected chi connectivity index (χ2v) is 2.82. The fourth-order valence-electron chi connectivity index (χ4n) is 1.28. The van der Waals surface area contributed by atoms with E-state index >= 15 is 0 Å². The number of benzene rings is 1. The van der Waals surface area contributed by atoms with Crippen LogP contribution < -0.4 is 0 Å². The Bertz CT molecular complexity index is 424. The molecule has 0 radical (unpaired) electrons. The summed E-state index contributed by atoms with van der Waals surface area (Å²) < 4.78 is 12.8. The lowest BCUT2D eigenvalue weighted by Gasteiger charge is -1.99. The average Bonchev–Trinajstić information content (AvgIpc) is 2.22. The van der Waals surface area contributed by atoms with Crippen LogP contribution in [-0.2, 0) is 0 Å². The molecule has 0 aliphatic rings. The van der Waals surface area contributed by atoms with Crippen LogP contribution in [-0.4, -0.2) is 4.98 Å². The average molecular weight is 191 g/mol. The summed E-state index contributed by atoms with van der Waals surface area (Å²) in [4.78, 5) is 4.02. The molecule has 0 spiro atoms. The van der Waals surface area contributed by atoms with E-state index in [9.17, 15) is 4.39 Å². The monoisotopic (exact) mass is 191 g/mol. The van der Waals surface area contributed by atoms with Crippen molar-refractivity contribution in [2.45, 2.75) is 20.8 Å². The molecule has 74 valence electrons. The lowest BCUT2D eigenvalue weighted by atomic mass is 10.1. The van der Waals surface area contributed by atoms with E-state index in [2.05, 4.69) is 4.98 Å². The Kier molecular flexibility index (Phi) is 3.57. The minimum Gasteiger partial charge on any atom is -0.264 e. The quantitative estimate of drug-likeness (QED) is 0.618. The smallest absolute Gasteiger partial charge is 0.123 e. The van der Waals surface area contributed by atoms with Crippen molar-refractivity contribution in [1.29, 1.82) is 0 Å². The van der Waals surface area contributed by atoms with Gasteiger partial charge in [0.05, 0.1) is 0 Å². The molecule has 0 atom stereocenters. The molecule has 0 aliphatic heterocycles. The molecular formula is C12H14FN. The van der Waals surface area contributed by atoms with E-state index in [1.165, 1.54) is 12.1 Å². The Balaban J connectivity index is 0.000000461. The van der Waals surface area contributed by atoms with Crippen molar-refractivity contribution in [3.05, 3.63) is 42.0 Å². The van der Waals surface area contributed by atoms with E-state index in [0.29, 0.717) is 0 Å². The van der Waals surface area contributed by atoms with Crippen LogP contribution in [0.1, 0.15) is 19.4 Å². The summed E-state index contributed by atoms with van der Waals surface area (Å²) in [6, 6.07) is 4.72. The molecule has 0 N–H and O–H groups in total. The third kappa shape index (κ3) is 2.08. The van der Waals surface area contributed by atoms with Crippen molar-refractivity contribution >= 4 is 10.8 Å². The third-order valence-corrected chi connectivity index (χ3v) is 1.92. The molecule has 1 aromatic carbocycles. The largest absolute Gasteiger partial charge is 0.264 e. The topological polar surface area (TPSA) is 12.9 Å². The number of aryl methyl sites for hydroxylation is 1. The van der Waals surface area contributed by atoms with Gasteiger partial charge < -0.3 is 0 Å². The van der Waals surface area contributed by atoms with Crippen molar-refractivity contribution in [3.63, 3.8) is 0 Å². The Hall–Kier alpha value is -1.44. The van der Waals surface area contributed by atoms with Gasteiger partial charge in [0, 0.05) is 17.8 Å². The summed E-state index contributed by atoms with van der Waals surface area (Å²) in [7, 11) is 0. The first-order valence-corrected chi connectivity index (χ1v) is 4.77. The molecule has 0 saturated carbocycles. The SMILES string of the molecule is CC.Cc1cncc2ccc(F)cc12. The van der Waals surface area contributed by atoms with E-state index in [0.717, 1.165) is 16.3 Å². The predicted octanol–water partition coefficient (Wildman–Crippen LogP) is 3.71. The number of pyridine rings is 1. The van der Waals surface area contributed by atoms with Gasteiger partial charge in [-0.25, -0.2) is 4.39 Å². The number of hydrogen-bond donors (Lipinski definition) is 0. The summed E-state index contributed by atoms with van der Waals surface area (Å²) >= 11 is 0. The highest BCUT2D eigenvalue weighted by Gasteiger charge is 1.97. The first-order chi connectivity index (χ1) is 6.77. The second-order valence-electron chi connectivity index (χ2n) is 2.82. The van der Waals surface area contributed by atoms with Crippen molar-refractivity contribution in [2.24, 2.45) is 0 Å². The minimum absolute atomic E-state index is 0.197. The molecule has 0 fully saturated rings. The Labute approximate surface area is 83.6 Å². The van der Waals surface area contributed by atoms with E-state index in [-0.39, 0.29) is 5.82 Å². The molecule has 0 saturated heterocycles. The number of rotatable bonds is 0. The lowest BCUT2D eigenvalue weighted by Crippen LogP contribution is -1.82. The van der Waals surface area contributed by atoms with Gasteiger partial charge in [-0.05, 0) is 36.1 Å². The van der Waals surface area contributed by atoms with Gasteiger partial charge in [0.25, 0.3) is 0 Å². The van der Waals surface area contributed by atoms with Gasteiger partial charge in [-0.2, -0.15) is 0 Å². The van der Waals surface area contributed by atoms with E-state index in [1.807, 2.05) is 20.8 Å². The van der Waals surface area contributed by atoms with E-state index in [4.69, 9.17) is 0 Å². The Morgan fingerprint density at radius 2 is 1.86 bits per heavy atom. The molecule has 0 amide bonds. The van der Waals surface area contributed by atoms with E-state index in [1.54, 1.807) is 18.5 Å². The molecular weight excluding hydrogens is 177 g/mol. The number of nitrogens with zero attached hydrogens (tertiary/aromatic N) is 1.